The van der Waals surface area contributed by atoms with Crippen LogP contribution in [0, 0.1) is 0 Å². The lowest BCUT2D eigenvalue weighted by Gasteiger charge is -2.45. The third-order valence-electron chi connectivity index (χ3n) is 5.58. The minimum Gasteiger partial charge on any atom is -0.439 e. The molecule has 12 nitrogen and oxygen atoms in total. The largest absolute Gasteiger partial charge is 0.439 e. The molecule has 2 saturated heterocycles. The molecule has 34 heavy (non-hydrogen) atoms. The third-order valence-corrected chi connectivity index (χ3v) is 5.58. The van der Waals surface area contributed by atoms with Gasteiger partial charge in [-0.3, -0.25) is 29.8 Å². The number of benzene rings is 1. The second kappa shape index (κ2) is 8.31. The number of hydrogen-bond donors (Lipinski definition) is 3. The zero-order valence-corrected chi connectivity index (χ0v) is 17.7. The molecule has 3 aromatic rings. The monoisotopic (exact) mass is 461 g/mol. The van der Waals surface area contributed by atoms with Crippen molar-refractivity contribution in [1.29, 1.82) is 0 Å². The molecule has 6 amide bonds. The summed E-state index contributed by atoms with van der Waals surface area (Å²) < 4.78 is 7.58. The summed E-state index contributed by atoms with van der Waals surface area (Å²) in [5.74, 6) is -0.928. The first-order valence-electron chi connectivity index (χ1n) is 10.4. The Labute approximate surface area is 192 Å². The number of urea groups is 2. The summed E-state index contributed by atoms with van der Waals surface area (Å²) in [6.45, 7) is 0.724. The van der Waals surface area contributed by atoms with Crippen LogP contribution in [0.25, 0.3) is 0 Å². The molecular weight excluding hydrogens is 442 g/mol. The Morgan fingerprint density at radius 2 is 1.76 bits per heavy atom. The maximum atomic E-state index is 12.7. The number of rotatable bonds is 5. The molecule has 0 saturated carbocycles. The normalized spacial score (nSPS) is 17.2. The summed E-state index contributed by atoms with van der Waals surface area (Å²) in [5, 5.41) is 10.9. The lowest BCUT2D eigenvalue weighted by molar-refractivity contribution is -0.138. The number of pyridine rings is 1. The van der Waals surface area contributed by atoms with E-state index in [-0.39, 0.29) is 24.5 Å². The summed E-state index contributed by atoms with van der Waals surface area (Å²) >= 11 is 0. The van der Waals surface area contributed by atoms with Crippen LogP contribution in [0.2, 0.25) is 0 Å². The summed E-state index contributed by atoms with van der Waals surface area (Å²) in [5.41, 5.74) is -0.660. The van der Waals surface area contributed by atoms with Gasteiger partial charge in [-0.15, -0.1) is 0 Å². The predicted molar refractivity (Wildman–Crippen MR) is 117 cm³/mol. The molecule has 1 spiro atoms. The van der Waals surface area contributed by atoms with Crippen LogP contribution in [0.5, 0.6) is 11.6 Å². The number of hydrogen-bond acceptors (Lipinski definition) is 7. The fourth-order valence-electron chi connectivity index (χ4n) is 3.96. The van der Waals surface area contributed by atoms with E-state index in [1.54, 1.807) is 18.3 Å². The summed E-state index contributed by atoms with van der Waals surface area (Å²) in [7, 11) is 0. The molecule has 2 aliphatic rings. The number of nitrogens with one attached hydrogen (secondary N) is 3. The molecule has 0 bridgehead atoms. The van der Waals surface area contributed by atoms with Gasteiger partial charge in [-0.05, 0) is 29.8 Å². The first-order valence-corrected chi connectivity index (χ1v) is 10.4. The van der Waals surface area contributed by atoms with Crippen molar-refractivity contribution in [2.24, 2.45) is 0 Å². The zero-order valence-electron chi connectivity index (χ0n) is 17.7. The number of carbonyl (C=O) groups is 4. The van der Waals surface area contributed by atoms with Crippen LogP contribution >= 0.6 is 0 Å². The highest BCUT2D eigenvalue weighted by Gasteiger charge is 2.58. The summed E-state index contributed by atoms with van der Waals surface area (Å²) in [6.07, 6.45) is 4.90. The van der Waals surface area contributed by atoms with E-state index >= 15 is 0 Å². The average Bonchev–Trinajstić information content (AvgIpc) is 3.33. The number of barbiturate groups is 1. The molecule has 172 valence electrons. The number of nitrogens with zero attached hydrogens (tertiary/aromatic N) is 4. The topological polar surface area (TPSA) is 148 Å². The van der Waals surface area contributed by atoms with Crippen molar-refractivity contribution in [2.45, 2.75) is 18.5 Å². The van der Waals surface area contributed by atoms with Crippen molar-refractivity contribution in [3.05, 3.63) is 66.6 Å². The second-order valence-corrected chi connectivity index (χ2v) is 7.72. The van der Waals surface area contributed by atoms with Crippen LogP contribution in [-0.4, -0.2) is 50.7 Å². The van der Waals surface area contributed by atoms with E-state index in [1.165, 1.54) is 18.3 Å². The molecule has 0 radical (unpaired) electrons. The highest BCUT2D eigenvalue weighted by Crippen LogP contribution is 2.32. The molecule has 2 aliphatic heterocycles. The predicted octanol–water partition coefficient (Wildman–Crippen LogP) is 1.14. The van der Waals surface area contributed by atoms with Crippen LogP contribution in [0.1, 0.15) is 12.0 Å². The number of amides is 6. The molecular formula is C22H19N7O5. The van der Waals surface area contributed by atoms with Crippen LogP contribution in [0.15, 0.2) is 61.1 Å². The third kappa shape index (κ3) is 3.70. The van der Waals surface area contributed by atoms with Crippen molar-refractivity contribution >= 4 is 29.6 Å². The Balaban J connectivity index is 1.34. The molecule has 12 heteroatoms. The maximum Gasteiger partial charge on any atom is 0.328 e. The highest BCUT2D eigenvalue weighted by molar-refractivity contribution is 6.27. The fourth-order valence-corrected chi connectivity index (χ4v) is 3.96. The maximum absolute atomic E-state index is 12.7. The minimum absolute atomic E-state index is 0.0210. The smallest absolute Gasteiger partial charge is 0.328 e. The standard InChI is InChI=1S/C22H19N7O5/c30-18-22(19(31)27-20(32)26-18)8-10-23-21(33)29(22)15-4-7-17(24-12-15)34-16-5-2-14(3-6-16)13-28-11-1-9-25-28/h1-7,9,11-12H,8,10,13H2,(H,23,33)(H2,26,27,30,31,32). The van der Waals surface area contributed by atoms with E-state index < -0.39 is 29.4 Å². The molecule has 4 heterocycles. The van der Waals surface area contributed by atoms with Crippen molar-refractivity contribution in [1.82, 2.24) is 30.7 Å². The number of aromatic nitrogens is 3. The Kier molecular flexibility index (Phi) is 5.17. The van der Waals surface area contributed by atoms with E-state index in [0.717, 1.165) is 10.5 Å². The number of carbonyl (C=O) groups excluding carboxylic acids is 4. The van der Waals surface area contributed by atoms with Gasteiger partial charge in [0.05, 0.1) is 18.4 Å². The van der Waals surface area contributed by atoms with Crippen molar-refractivity contribution in [2.75, 3.05) is 11.4 Å². The van der Waals surface area contributed by atoms with Crippen molar-refractivity contribution in [3.8, 4) is 11.6 Å². The summed E-state index contributed by atoms with van der Waals surface area (Å²) in [4.78, 5) is 54.8. The zero-order chi connectivity index (χ0) is 23.7. The first kappa shape index (κ1) is 21.1. The number of anilines is 1. The SMILES string of the molecule is O=C1NC(=O)C2(CCNC(=O)N2c2ccc(Oc3ccc(Cn4cccn4)cc3)nc2)C(=O)N1. The van der Waals surface area contributed by atoms with E-state index in [0.29, 0.717) is 12.3 Å². The van der Waals surface area contributed by atoms with E-state index in [2.05, 4.69) is 26.0 Å². The fraction of sp³-hybridized carbons (Fsp3) is 0.182. The number of imide groups is 2. The molecule has 0 atom stereocenters. The molecule has 5 rings (SSSR count). The van der Waals surface area contributed by atoms with Gasteiger partial charge in [0.15, 0.2) is 0 Å². The van der Waals surface area contributed by atoms with Crippen LogP contribution in [0.3, 0.4) is 0 Å². The minimum atomic E-state index is -1.90. The lowest BCUT2D eigenvalue weighted by atomic mass is 9.87. The van der Waals surface area contributed by atoms with E-state index in [9.17, 15) is 19.2 Å². The molecule has 0 unspecified atom stereocenters. The molecule has 2 fully saturated rings. The highest BCUT2D eigenvalue weighted by atomic mass is 16.5. The van der Waals surface area contributed by atoms with Gasteiger partial charge in [-0.25, -0.2) is 14.6 Å². The van der Waals surface area contributed by atoms with Gasteiger partial charge in [0, 0.05) is 31.4 Å². The van der Waals surface area contributed by atoms with Gasteiger partial charge < -0.3 is 10.1 Å². The molecule has 2 aromatic heterocycles. The average molecular weight is 461 g/mol. The van der Waals surface area contributed by atoms with Crippen LogP contribution in [0.4, 0.5) is 15.3 Å². The Bertz CT molecular complexity index is 1240. The van der Waals surface area contributed by atoms with Gasteiger partial charge in [-0.1, -0.05) is 12.1 Å². The van der Waals surface area contributed by atoms with Crippen LogP contribution in [-0.2, 0) is 16.1 Å². The van der Waals surface area contributed by atoms with Gasteiger partial charge in [-0.2, -0.15) is 5.10 Å². The molecule has 0 aliphatic carbocycles. The second-order valence-electron chi connectivity index (χ2n) is 7.72. The lowest BCUT2D eigenvalue weighted by Crippen LogP contribution is -2.77. The van der Waals surface area contributed by atoms with Gasteiger partial charge >= 0.3 is 12.1 Å². The van der Waals surface area contributed by atoms with E-state index in [1.807, 2.05) is 29.1 Å². The summed E-state index contributed by atoms with van der Waals surface area (Å²) in [6, 6.07) is 10.7. The number of ether oxygens (including phenoxy) is 1. The molecule has 1 aromatic carbocycles. The Hall–Kier alpha value is -4.74. The van der Waals surface area contributed by atoms with Gasteiger partial charge in [0.25, 0.3) is 11.8 Å². The van der Waals surface area contributed by atoms with Gasteiger partial charge in [0.2, 0.25) is 11.4 Å². The van der Waals surface area contributed by atoms with E-state index in [4.69, 9.17) is 4.74 Å². The Morgan fingerprint density at radius 1 is 1.00 bits per heavy atom. The van der Waals surface area contributed by atoms with Crippen molar-refractivity contribution < 1.29 is 23.9 Å². The Morgan fingerprint density at radius 3 is 2.41 bits per heavy atom. The first-order chi connectivity index (χ1) is 16.5. The van der Waals surface area contributed by atoms with Crippen molar-refractivity contribution in [3.63, 3.8) is 0 Å². The molecule has 3 N–H and O–H groups in total. The van der Waals surface area contributed by atoms with Gasteiger partial charge in [0.1, 0.15) is 5.75 Å². The quantitative estimate of drug-likeness (QED) is 0.483. The van der Waals surface area contributed by atoms with Crippen LogP contribution < -0.4 is 25.6 Å².